The van der Waals surface area contributed by atoms with Crippen LogP contribution in [-0.2, 0) is 10.0 Å². The number of fused-ring (bicyclic) bond motifs is 1. The Kier molecular flexibility index (Phi) is 6.02. The third-order valence-corrected chi connectivity index (χ3v) is 7.48. The molecule has 0 radical (unpaired) electrons. The molecule has 31 heavy (non-hydrogen) atoms. The topological polar surface area (TPSA) is 84.9 Å². The maximum atomic E-state index is 13.0. The molecule has 4 rings (SSSR count). The monoisotopic (exact) mass is 462 g/mol. The van der Waals surface area contributed by atoms with Gasteiger partial charge in [0.2, 0.25) is 15.3 Å². The van der Waals surface area contributed by atoms with E-state index < -0.39 is 10.0 Å². The normalized spacial score (nSPS) is 15.9. The average molecular weight is 463 g/mol. The molecular formula is C21H23ClN4O4S. The van der Waals surface area contributed by atoms with E-state index in [4.69, 9.17) is 21.1 Å². The van der Waals surface area contributed by atoms with Crippen LogP contribution in [0.4, 0.5) is 0 Å². The quantitative estimate of drug-likeness (QED) is 0.539. The van der Waals surface area contributed by atoms with Crippen LogP contribution >= 0.6 is 11.6 Å². The number of likely N-dealkylation sites (N-methyl/N-ethyl adjacent to an activating group) is 1. The lowest BCUT2D eigenvalue weighted by atomic mass is 10.1. The molecular weight excluding hydrogens is 440 g/mol. The number of piperazine rings is 1. The first kappa shape index (κ1) is 21.8. The summed E-state index contributed by atoms with van der Waals surface area (Å²) >= 11 is 6.16. The predicted molar refractivity (Wildman–Crippen MR) is 119 cm³/mol. The largest absolute Gasteiger partial charge is 0.493 e. The molecule has 0 aliphatic carbocycles. The number of benzene rings is 2. The van der Waals surface area contributed by atoms with Crippen LogP contribution in [0, 0.1) is 0 Å². The fourth-order valence-electron chi connectivity index (χ4n) is 3.61. The number of nitrogens with zero attached hydrogens (tertiary/aromatic N) is 4. The number of sulfonamides is 1. The highest BCUT2D eigenvalue weighted by Crippen LogP contribution is 2.36. The van der Waals surface area contributed by atoms with Crippen molar-refractivity contribution in [2.24, 2.45) is 0 Å². The van der Waals surface area contributed by atoms with Gasteiger partial charge in [-0.1, -0.05) is 12.1 Å². The lowest BCUT2D eigenvalue weighted by molar-refractivity contribution is 0.222. The van der Waals surface area contributed by atoms with E-state index >= 15 is 0 Å². The van der Waals surface area contributed by atoms with Gasteiger partial charge in [0, 0.05) is 43.2 Å². The fourth-order valence-corrected chi connectivity index (χ4v) is 5.21. The van der Waals surface area contributed by atoms with E-state index in [-0.39, 0.29) is 10.2 Å². The first-order valence-electron chi connectivity index (χ1n) is 9.72. The zero-order valence-corrected chi connectivity index (χ0v) is 19.1. The molecule has 1 aliphatic rings. The van der Waals surface area contributed by atoms with Gasteiger partial charge in [-0.2, -0.15) is 4.31 Å². The fraction of sp³-hybridized carbons (Fsp3) is 0.333. The summed E-state index contributed by atoms with van der Waals surface area (Å²) in [6.07, 6.45) is 0. The number of halogens is 1. The molecule has 1 fully saturated rings. The molecule has 1 saturated heterocycles. The SMILES string of the molecule is COc1cc2nc(Cl)nc(-c3ccc(S(=O)(=O)N4CCN(C)CC4)cc3)c2cc1OC. The van der Waals surface area contributed by atoms with Crippen LogP contribution in [0.15, 0.2) is 41.3 Å². The summed E-state index contributed by atoms with van der Waals surface area (Å²) in [6, 6.07) is 10.2. The number of ether oxygens (including phenoxy) is 2. The zero-order valence-electron chi connectivity index (χ0n) is 17.5. The number of hydrogen-bond donors (Lipinski definition) is 0. The van der Waals surface area contributed by atoms with E-state index in [9.17, 15) is 8.42 Å². The van der Waals surface area contributed by atoms with Gasteiger partial charge in [0.05, 0.1) is 30.3 Å². The second kappa shape index (κ2) is 8.58. The highest BCUT2D eigenvalue weighted by atomic mass is 35.5. The summed E-state index contributed by atoms with van der Waals surface area (Å²) in [5.41, 5.74) is 1.90. The van der Waals surface area contributed by atoms with Crippen molar-refractivity contribution >= 4 is 32.5 Å². The molecule has 0 N–H and O–H groups in total. The van der Waals surface area contributed by atoms with Crippen molar-refractivity contribution in [3.63, 3.8) is 0 Å². The molecule has 3 aromatic rings. The Bertz CT molecular complexity index is 1210. The van der Waals surface area contributed by atoms with Gasteiger partial charge in [0.1, 0.15) is 0 Å². The van der Waals surface area contributed by atoms with Crippen molar-refractivity contribution in [1.29, 1.82) is 0 Å². The lowest BCUT2D eigenvalue weighted by Gasteiger charge is -2.31. The molecule has 164 valence electrons. The minimum atomic E-state index is -3.54. The van der Waals surface area contributed by atoms with Gasteiger partial charge in [-0.05, 0) is 36.8 Å². The van der Waals surface area contributed by atoms with E-state index in [1.165, 1.54) is 4.31 Å². The summed E-state index contributed by atoms with van der Waals surface area (Å²) in [5, 5.41) is 0.806. The van der Waals surface area contributed by atoms with Gasteiger partial charge in [-0.15, -0.1) is 0 Å². The maximum Gasteiger partial charge on any atom is 0.243 e. The van der Waals surface area contributed by atoms with Crippen LogP contribution in [-0.4, -0.2) is 75.0 Å². The van der Waals surface area contributed by atoms with Gasteiger partial charge < -0.3 is 14.4 Å². The van der Waals surface area contributed by atoms with Crippen molar-refractivity contribution in [2.45, 2.75) is 4.90 Å². The summed E-state index contributed by atoms with van der Waals surface area (Å²) in [7, 11) is 1.55. The number of methoxy groups -OCH3 is 2. The van der Waals surface area contributed by atoms with Gasteiger partial charge in [-0.25, -0.2) is 18.4 Å². The Hall–Kier alpha value is -2.46. The second-order valence-electron chi connectivity index (χ2n) is 7.30. The van der Waals surface area contributed by atoms with E-state index in [2.05, 4.69) is 14.9 Å². The molecule has 8 nitrogen and oxygen atoms in total. The molecule has 2 heterocycles. The van der Waals surface area contributed by atoms with Crippen molar-refractivity contribution in [3.8, 4) is 22.8 Å². The van der Waals surface area contributed by atoms with Crippen molar-refractivity contribution < 1.29 is 17.9 Å². The summed E-state index contributed by atoms with van der Waals surface area (Å²) in [6.45, 7) is 2.39. The Morgan fingerprint density at radius 1 is 0.935 bits per heavy atom. The first-order chi connectivity index (χ1) is 14.8. The Balaban J connectivity index is 1.74. The highest BCUT2D eigenvalue weighted by Gasteiger charge is 2.27. The Labute approximate surface area is 186 Å². The second-order valence-corrected chi connectivity index (χ2v) is 9.57. The van der Waals surface area contributed by atoms with Gasteiger partial charge in [0.25, 0.3) is 0 Å². The van der Waals surface area contributed by atoms with E-state index in [1.807, 2.05) is 7.05 Å². The summed E-state index contributed by atoms with van der Waals surface area (Å²) in [4.78, 5) is 11.0. The third kappa shape index (κ3) is 4.18. The Morgan fingerprint density at radius 3 is 2.16 bits per heavy atom. The maximum absolute atomic E-state index is 13.0. The number of rotatable bonds is 5. The third-order valence-electron chi connectivity index (χ3n) is 5.40. The van der Waals surface area contributed by atoms with Crippen LogP contribution in [0.2, 0.25) is 5.28 Å². The van der Waals surface area contributed by atoms with Gasteiger partial charge >= 0.3 is 0 Å². The summed E-state index contributed by atoms with van der Waals surface area (Å²) in [5.74, 6) is 1.07. The van der Waals surface area contributed by atoms with Crippen molar-refractivity contribution in [3.05, 3.63) is 41.7 Å². The van der Waals surface area contributed by atoms with Gasteiger partial charge in [0.15, 0.2) is 11.5 Å². The number of aromatic nitrogens is 2. The Morgan fingerprint density at radius 2 is 1.55 bits per heavy atom. The van der Waals surface area contributed by atoms with Crippen LogP contribution in [0.5, 0.6) is 11.5 Å². The minimum Gasteiger partial charge on any atom is -0.493 e. The average Bonchev–Trinajstić information content (AvgIpc) is 2.78. The van der Waals surface area contributed by atoms with Crippen molar-refractivity contribution in [1.82, 2.24) is 19.2 Å². The molecule has 0 unspecified atom stereocenters. The molecule has 1 aromatic heterocycles. The van der Waals surface area contributed by atoms with E-state index in [0.717, 1.165) is 10.9 Å². The molecule has 1 aliphatic heterocycles. The van der Waals surface area contributed by atoms with E-state index in [0.29, 0.717) is 48.9 Å². The van der Waals surface area contributed by atoms with Crippen molar-refractivity contribution in [2.75, 3.05) is 47.4 Å². The lowest BCUT2D eigenvalue weighted by Crippen LogP contribution is -2.46. The van der Waals surface area contributed by atoms with Crippen LogP contribution in [0.25, 0.3) is 22.2 Å². The van der Waals surface area contributed by atoms with Crippen LogP contribution in [0.3, 0.4) is 0 Å². The smallest absolute Gasteiger partial charge is 0.243 e. The summed E-state index contributed by atoms with van der Waals surface area (Å²) < 4.78 is 38.3. The van der Waals surface area contributed by atoms with Crippen LogP contribution < -0.4 is 9.47 Å². The number of hydrogen-bond acceptors (Lipinski definition) is 7. The minimum absolute atomic E-state index is 0.0869. The molecule has 0 saturated carbocycles. The molecule has 10 heteroatoms. The molecule has 2 aromatic carbocycles. The first-order valence-corrected chi connectivity index (χ1v) is 11.5. The highest BCUT2D eigenvalue weighted by molar-refractivity contribution is 7.89. The van der Waals surface area contributed by atoms with Crippen LogP contribution in [0.1, 0.15) is 0 Å². The standard InChI is InChI=1S/C21H23ClN4O4S/c1-25-8-10-26(11-9-25)31(27,28)15-6-4-14(5-7-15)20-16-12-18(29-2)19(30-3)13-17(16)23-21(22)24-20/h4-7,12-13H,8-11H2,1-3H3. The molecule has 0 bridgehead atoms. The molecule has 0 spiro atoms. The molecule has 0 amide bonds. The zero-order chi connectivity index (χ0) is 22.2. The van der Waals surface area contributed by atoms with Gasteiger partial charge in [-0.3, -0.25) is 0 Å². The molecule has 0 atom stereocenters. The van der Waals surface area contributed by atoms with E-state index in [1.54, 1.807) is 50.6 Å². The predicted octanol–water partition coefficient (Wildman–Crippen LogP) is 2.90.